The van der Waals surface area contributed by atoms with Crippen LogP contribution in [0, 0.1) is 5.92 Å². The molecule has 1 heterocycles. The van der Waals surface area contributed by atoms with E-state index in [9.17, 15) is 29.4 Å². The second-order valence-corrected chi connectivity index (χ2v) is 8.52. The average molecular weight is 447 g/mol. The molecule has 0 radical (unpaired) electrons. The van der Waals surface area contributed by atoms with Gasteiger partial charge in [-0.25, -0.2) is 4.79 Å². The van der Waals surface area contributed by atoms with Gasteiger partial charge in [-0.2, -0.15) is 11.8 Å². The maximum Gasteiger partial charge on any atom is 0.326 e. The lowest BCUT2D eigenvalue weighted by molar-refractivity contribution is -0.146. The van der Waals surface area contributed by atoms with Crippen molar-refractivity contribution in [2.24, 2.45) is 11.7 Å². The number of carboxylic acids is 1. The molecule has 3 amide bonds. The first-order chi connectivity index (χ1) is 14.2. The highest BCUT2D eigenvalue weighted by atomic mass is 32.2. The minimum absolute atomic E-state index is 0.274. The van der Waals surface area contributed by atoms with E-state index in [2.05, 4.69) is 10.6 Å². The largest absolute Gasteiger partial charge is 0.480 e. The number of rotatable bonds is 12. The predicted octanol–water partition coefficient (Wildman–Crippen LogP) is -0.850. The second-order valence-electron chi connectivity index (χ2n) is 7.53. The van der Waals surface area contributed by atoms with Crippen molar-refractivity contribution in [2.45, 2.75) is 63.7 Å². The number of thioether (sulfide) groups is 1. The topological polar surface area (TPSA) is 162 Å². The van der Waals surface area contributed by atoms with Gasteiger partial charge >= 0.3 is 5.97 Å². The summed E-state index contributed by atoms with van der Waals surface area (Å²) >= 11 is 1.54. The van der Waals surface area contributed by atoms with Crippen LogP contribution in [0.15, 0.2) is 0 Å². The standard InChI is InChI=1S/C19H34N4O6S/c1-4-11(2)15(19(28)29)22-17(26)14-6-5-8-23(14)18(27)13(10-24)21-16(25)12(20)7-9-30-3/h11-15,24H,4-10,20H2,1-3H3,(H,21,25)(H,22,26)(H,28,29). The summed E-state index contributed by atoms with van der Waals surface area (Å²) in [5.41, 5.74) is 5.81. The fourth-order valence-electron chi connectivity index (χ4n) is 3.28. The molecule has 10 nitrogen and oxygen atoms in total. The summed E-state index contributed by atoms with van der Waals surface area (Å²) in [4.78, 5) is 50.6. The molecule has 0 aromatic rings. The van der Waals surface area contributed by atoms with Gasteiger partial charge in [0.15, 0.2) is 0 Å². The molecule has 11 heteroatoms. The van der Waals surface area contributed by atoms with Crippen LogP contribution in [0.4, 0.5) is 0 Å². The van der Waals surface area contributed by atoms with Crippen molar-refractivity contribution in [3.8, 4) is 0 Å². The Hall–Kier alpha value is -1.85. The van der Waals surface area contributed by atoms with Gasteiger partial charge in [0.25, 0.3) is 0 Å². The van der Waals surface area contributed by atoms with E-state index >= 15 is 0 Å². The summed E-state index contributed by atoms with van der Waals surface area (Å²) in [5.74, 6) is -2.40. The smallest absolute Gasteiger partial charge is 0.326 e. The van der Waals surface area contributed by atoms with Crippen LogP contribution in [0.25, 0.3) is 0 Å². The molecule has 1 saturated heterocycles. The van der Waals surface area contributed by atoms with Crippen LogP contribution < -0.4 is 16.4 Å². The Kier molecular flexibility index (Phi) is 11.1. The van der Waals surface area contributed by atoms with E-state index in [1.54, 1.807) is 18.7 Å². The lowest BCUT2D eigenvalue weighted by Crippen LogP contribution is -2.58. The van der Waals surface area contributed by atoms with Crippen molar-refractivity contribution in [2.75, 3.05) is 25.2 Å². The Morgan fingerprint density at radius 1 is 1.27 bits per heavy atom. The van der Waals surface area contributed by atoms with Crippen LogP contribution >= 0.6 is 11.8 Å². The van der Waals surface area contributed by atoms with Crippen molar-refractivity contribution in [1.82, 2.24) is 15.5 Å². The van der Waals surface area contributed by atoms with Gasteiger partial charge in [-0.3, -0.25) is 14.4 Å². The molecular weight excluding hydrogens is 412 g/mol. The molecule has 6 N–H and O–H groups in total. The van der Waals surface area contributed by atoms with Crippen molar-refractivity contribution in [3.63, 3.8) is 0 Å². The van der Waals surface area contributed by atoms with Crippen LogP contribution in [0.2, 0.25) is 0 Å². The molecule has 0 aromatic heterocycles. The number of carbonyl (C=O) groups is 4. The first kappa shape index (κ1) is 26.2. The van der Waals surface area contributed by atoms with E-state index in [0.717, 1.165) is 0 Å². The first-order valence-electron chi connectivity index (χ1n) is 10.2. The molecule has 0 spiro atoms. The molecule has 0 saturated carbocycles. The van der Waals surface area contributed by atoms with E-state index in [1.807, 2.05) is 13.2 Å². The molecule has 1 aliphatic heterocycles. The molecule has 0 bridgehead atoms. The number of hydrogen-bond donors (Lipinski definition) is 5. The number of aliphatic hydroxyl groups is 1. The number of nitrogens with one attached hydrogen (secondary N) is 2. The maximum atomic E-state index is 12.9. The van der Waals surface area contributed by atoms with Crippen LogP contribution in [-0.4, -0.2) is 88.1 Å². The number of aliphatic carboxylic acids is 1. The third-order valence-electron chi connectivity index (χ3n) is 5.38. The molecule has 172 valence electrons. The lowest BCUT2D eigenvalue weighted by Gasteiger charge is -2.30. The molecule has 1 aliphatic rings. The number of hydrogen-bond acceptors (Lipinski definition) is 7. The Labute approximate surface area is 181 Å². The average Bonchev–Trinajstić information content (AvgIpc) is 3.22. The van der Waals surface area contributed by atoms with Gasteiger partial charge in [0.05, 0.1) is 12.6 Å². The summed E-state index contributed by atoms with van der Waals surface area (Å²) in [7, 11) is 0. The number of amides is 3. The summed E-state index contributed by atoms with van der Waals surface area (Å²) in [5, 5.41) is 24.0. The second kappa shape index (κ2) is 12.8. The van der Waals surface area contributed by atoms with Crippen LogP contribution in [-0.2, 0) is 19.2 Å². The Bertz CT molecular complexity index is 620. The third-order valence-corrected chi connectivity index (χ3v) is 6.03. The minimum atomic E-state index is -1.21. The zero-order valence-electron chi connectivity index (χ0n) is 17.8. The number of nitrogens with zero attached hydrogens (tertiary/aromatic N) is 1. The van der Waals surface area contributed by atoms with Gasteiger partial charge in [0.1, 0.15) is 18.1 Å². The number of carbonyl (C=O) groups excluding carboxylic acids is 3. The molecule has 0 aliphatic carbocycles. The van der Waals surface area contributed by atoms with E-state index in [4.69, 9.17) is 5.73 Å². The van der Waals surface area contributed by atoms with E-state index in [0.29, 0.717) is 31.4 Å². The van der Waals surface area contributed by atoms with Gasteiger partial charge in [-0.15, -0.1) is 0 Å². The number of aliphatic hydroxyl groups excluding tert-OH is 1. The number of carboxylic acid groups (broad SMARTS) is 1. The summed E-state index contributed by atoms with van der Waals surface area (Å²) < 4.78 is 0. The minimum Gasteiger partial charge on any atom is -0.480 e. The number of nitrogens with two attached hydrogens (primary N) is 1. The van der Waals surface area contributed by atoms with Gasteiger partial charge in [0, 0.05) is 6.54 Å². The fraction of sp³-hybridized carbons (Fsp3) is 0.789. The molecule has 5 unspecified atom stereocenters. The van der Waals surface area contributed by atoms with E-state index in [-0.39, 0.29) is 12.5 Å². The van der Waals surface area contributed by atoms with Gasteiger partial charge in [0.2, 0.25) is 17.7 Å². The highest BCUT2D eigenvalue weighted by Crippen LogP contribution is 2.20. The fourth-order valence-corrected chi connectivity index (χ4v) is 3.77. The van der Waals surface area contributed by atoms with Crippen LogP contribution in [0.3, 0.4) is 0 Å². The Morgan fingerprint density at radius 2 is 1.93 bits per heavy atom. The van der Waals surface area contributed by atoms with Crippen molar-refractivity contribution < 1.29 is 29.4 Å². The van der Waals surface area contributed by atoms with Crippen molar-refractivity contribution in [3.05, 3.63) is 0 Å². The third kappa shape index (κ3) is 7.13. The molecule has 30 heavy (non-hydrogen) atoms. The van der Waals surface area contributed by atoms with E-state index < -0.39 is 54.5 Å². The Balaban J connectivity index is 2.82. The highest BCUT2D eigenvalue weighted by molar-refractivity contribution is 7.98. The monoisotopic (exact) mass is 446 g/mol. The molecule has 0 aromatic carbocycles. The van der Waals surface area contributed by atoms with Gasteiger partial charge in [-0.05, 0) is 37.2 Å². The van der Waals surface area contributed by atoms with Crippen molar-refractivity contribution >= 4 is 35.5 Å². The summed E-state index contributed by atoms with van der Waals surface area (Å²) in [6.07, 6.45) is 3.83. The Morgan fingerprint density at radius 3 is 2.47 bits per heavy atom. The summed E-state index contributed by atoms with van der Waals surface area (Å²) in [6.45, 7) is 3.21. The van der Waals surface area contributed by atoms with Crippen LogP contribution in [0.5, 0.6) is 0 Å². The zero-order valence-corrected chi connectivity index (χ0v) is 18.6. The first-order valence-corrected chi connectivity index (χ1v) is 11.6. The maximum absolute atomic E-state index is 12.9. The van der Waals surface area contributed by atoms with Gasteiger partial charge in [-0.1, -0.05) is 20.3 Å². The normalized spacial score (nSPS) is 20.2. The lowest BCUT2D eigenvalue weighted by atomic mass is 9.98. The number of likely N-dealkylation sites (tertiary alicyclic amines) is 1. The van der Waals surface area contributed by atoms with E-state index in [1.165, 1.54) is 4.90 Å². The molecule has 1 fully saturated rings. The zero-order chi connectivity index (χ0) is 22.8. The quantitative estimate of drug-likeness (QED) is 0.259. The van der Waals surface area contributed by atoms with Crippen molar-refractivity contribution in [1.29, 1.82) is 0 Å². The van der Waals surface area contributed by atoms with Crippen LogP contribution in [0.1, 0.15) is 39.5 Å². The molecular formula is C19H34N4O6S. The highest BCUT2D eigenvalue weighted by Gasteiger charge is 2.39. The SMILES string of the molecule is CCC(C)C(NC(=O)C1CCCN1C(=O)C(CO)NC(=O)C(N)CCSC)C(=O)O. The van der Waals surface area contributed by atoms with Gasteiger partial charge < -0.3 is 31.5 Å². The molecule has 1 rings (SSSR count). The summed E-state index contributed by atoms with van der Waals surface area (Å²) in [6, 6.07) is -3.91. The predicted molar refractivity (Wildman–Crippen MR) is 114 cm³/mol. The molecule has 5 atom stereocenters.